The maximum absolute atomic E-state index is 11.7. The molecule has 0 amide bonds. The van der Waals surface area contributed by atoms with Crippen LogP contribution in [0.4, 0.5) is 0 Å². The van der Waals surface area contributed by atoms with Crippen molar-refractivity contribution in [1.82, 2.24) is 0 Å². The largest absolute Gasteiger partial charge is 0.397 e. The summed E-state index contributed by atoms with van der Waals surface area (Å²) in [7, 11) is -41.2. The summed E-state index contributed by atoms with van der Waals surface area (Å²) in [6.45, 7) is -3.59. The van der Waals surface area contributed by atoms with Crippen molar-refractivity contribution in [2.45, 2.75) is 61.4 Å². The van der Waals surface area contributed by atoms with Crippen LogP contribution in [0.5, 0.6) is 0 Å². The van der Waals surface area contributed by atoms with E-state index < -0.39 is 147 Å². The Hall–Kier alpha value is -1.07. The van der Waals surface area contributed by atoms with Crippen LogP contribution >= 0.6 is 0 Å². The zero-order valence-electron chi connectivity index (χ0n) is 23.4. The van der Waals surface area contributed by atoms with Gasteiger partial charge in [0, 0.05) is 0 Å². The third kappa shape index (κ3) is 16.9. The van der Waals surface area contributed by atoms with E-state index in [1.807, 2.05) is 0 Å². The molecular formula is C12H22O32S7. The number of hydrogen-bond donors (Lipinski definition) is 8. The van der Waals surface area contributed by atoms with Crippen LogP contribution in [0.1, 0.15) is 0 Å². The van der Waals surface area contributed by atoms with Crippen molar-refractivity contribution in [2.24, 2.45) is 0 Å². The van der Waals surface area contributed by atoms with Crippen LogP contribution in [-0.4, -0.2) is 171 Å². The second-order valence-electron chi connectivity index (χ2n) is 9.08. The summed E-state index contributed by atoms with van der Waals surface area (Å²) in [5.41, 5.74) is 0. The number of ether oxygens (including phenoxy) is 3. The average molecular weight is 903 g/mol. The van der Waals surface area contributed by atoms with E-state index in [0.717, 1.165) is 0 Å². The lowest BCUT2D eigenvalue weighted by molar-refractivity contribution is -0.343. The monoisotopic (exact) mass is 902 g/mol. The van der Waals surface area contributed by atoms with Gasteiger partial charge in [0.25, 0.3) is 0 Å². The average Bonchev–Trinajstić information content (AvgIpc) is 2.84. The van der Waals surface area contributed by atoms with E-state index in [1.165, 1.54) is 0 Å². The van der Waals surface area contributed by atoms with Crippen molar-refractivity contribution in [2.75, 3.05) is 13.2 Å². The van der Waals surface area contributed by atoms with Gasteiger partial charge in [0.05, 0.1) is 13.2 Å². The maximum Gasteiger partial charge on any atom is 0.397 e. The van der Waals surface area contributed by atoms with Gasteiger partial charge in [-0.25, -0.2) is 29.3 Å². The molecule has 0 spiro atoms. The lowest BCUT2D eigenvalue weighted by atomic mass is 9.97. The third-order valence-corrected chi connectivity index (χ3v) is 8.61. The highest BCUT2D eigenvalue weighted by Crippen LogP contribution is 2.36. The number of aliphatic hydroxyl groups excluding tert-OH is 1. The molecule has 0 aromatic heterocycles. The molecule has 2 heterocycles. The number of aliphatic hydroxyl groups is 1. The molecule has 39 heteroatoms. The zero-order valence-corrected chi connectivity index (χ0v) is 29.1. The van der Waals surface area contributed by atoms with Crippen LogP contribution in [-0.2, 0) is 116 Å². The molecule has 2 saturated heterocycles. The molecule has 0 aromatic carbocycles. The van der Waals surface area contributed by atoms with E-state index in [4.69, 9.17) is 27.9 Å². The Balaban J connectivity index is 2.92. The predicted molar refractivity (Wildman–Crippen MR) is 142 cm³/mol. The summed E-state index contributed by atoms with van der Waals surface area (Å²) < 4.78 is 269. The fourth-order valence-electron chi connectivity index (χ4n) is 4.02. The molecule has 2 aliphatic heterocycles. The zero-order chi connectivity index (χ0) is 39.8. The van der Waals surface area contributed by atoms with E-state index in [1.54, 1.807) is 0 Å². The summed E-state index contributed by atoms with van der Waals surface area (Å²) in [4.78, 5) is 0. The molecule has 51 heavy (non-hydrogen) atoms. The van der Waals surface area contributed by atoms with Crippen molar-refractivity contribution in [3.63, 3.8) is 0 Å². The molecular weight excluding hydrogens is 881 g/mol. The topological polar surface area (TPSA) is 493 Å². The van der Waals surface area contributed by atoms with Crippen LogP contribution < -0.4 is 0 Å². The fraction of sp³-hybridized carbons (Fsp3) is 1.00. The third-order valence-electron chi connectivity index (χ3n) is 5.42. The van der Waals surface area contributed by atoms with Crippen LogP contribution in [0.25, 0.3) is 0 Å². The van der Waals surface area contributed by atoms with Crippen LogP contribution in [0.2, 0.25) is 0 Å². The summed E-state index contributed by atoms with van der Waals surface area (Å²) in [5, 5.41) is 10.2. The molecule has 304 valence electrons. The van der Waals surface area contributed by atoms with E-state index >= 15 is 0 Å². The lowest BCUT2D eigenvalue weighted by Gasteiger charge is -2.47. The summed E-state index contributed by atoms with van der Waals surface area (Å²) in [5.74, 6) is 0. The Kier molecular flexibility index (Phi) is 14.8. The molecule has 0 aliphatic carbocycles. The van der Waals surface area contributed by atoms with Gasteiger partial charge in [-0.1, -0.05) is 0 Å². The molecule has 2 aliphatic rings. The Bertz CT molecular complexity index is 2000. The molecule has 1 unspecified atom stereocenters. The van der Waals surface area contributed by atoms with Crippen molar-refractivity contribution in [3.8, 4) is 0 Å². The van der Waals surface area contributed by atoms with Gasteiger partial charge in [-0.05, 0) is 0 Å². The first-order valence-electron chi connectivity index (χ1n) is 11.7. The standard InChI is InChI=1S/C12H22O32S7/c13-11-9(43-50(29,30)31)7(41-48(23,24)25)5(3(37-11)1-35-45(14,15)16)39-12-10(44-51(32,33)34)8(42-49(26,27)28)6(40-47(20,21)22)4(38-12)2-36-46(17,18)19/h3-13H,1-2H2,(H,14,15,16)(H,17,18,19)(H,20,21,22)(H,23,24,25)(H,26,27,28)(H,29,30,31)(H,32,33,34)/t3-,4-,5-,6+,7+,8+,9-,10-,11?,12+/m1/s1. The summed E-state index contributed by atoms with van der Waals surface area (Å²) in [6, 6.07) is 0. The first kappa shape index (κ1) is 46.1. The van der Waals surface area contributed by atoms with Crippen LogP contribution in [0.15, 0.2) is 0 Å². The van der Waals surface area contributed by atoms with Gasteiger partial charge in [0.2, 0.25) is 0 Å². The molecule has 32 nitrogen and oxygen atoms in total. The van der Waals surface area contributed by atoms with E-state index in [9.17, 15) is 82.2 Å². The molecule has 10 atom stereocenters. The fourth-order valence-corrected chi connectivity index (χ4v) is 7.11. The quantitative estimate of drug-likeness (QED) is 0.0593. The SMILES string of the molecule is O=S(=O)(O)OC[C@H]1O[C@@H](O[C@H]2[C@H](OS(=O)(=O)O)[C@@H](OS(=O)(=O)O)C(O)O[C@@H]2COS(=O)(=O)O)[C@H](OS(=O)(=O)O)[C@@H](OS(=O)(=O)O)[C@H]1OS(=O)(=O)O. The normalized spacial score (nSPS) is 32.1. The minimum Gasteiger partial charge on any atom is -0.366 e. The van der Waals surface area contributed by atoms with Crippen molar-refractivity contribution in [3.05, 3.63) is 0 Å². The van der Waals surface area contributed by atoms with Gasteiger partial charge in [-0.3, -0.25) is 31.9 Å². The van der Waals surface area contributed by atoms with Gasteiger partial charge in [0.1, 0.15) is 36.6 Å². The number of hydrogen-bond acceptors (Lipinski definition) is 25. The highest BCUT2D eigenvalue weighted by molar-refractivity contribution is 7.82. The van der Waals surface area contributed by atoms with Gasteiger partial charge in [0.15, 0.2) is 24.8 Å². The van der Waals surface area contributed by atoms with Crippen molar-refractivity contribution >= 4 is 72.8 Å². The van der Waals surface area contributed by atoms with Gasteiger partial charge in [-0.15, -0.1) is 0 Å². The predicted octanol–water partition coefficient (Wildman–Crippen LogP) is -6.61. The van der Waals surface area contributed by atoms with E-state index in [2.05, 4.69) is 29.3 Å². The Morgan fingerprint density at radius 1 is 0.392 bits per heavy atom. The first-order chi connectivity index (χ1) is 22.5. The van der Waals surface area contributed by atoms with Crippen LogP contribution in [0.3, 0.4) is 0 Å². The molecule has 8 N–H and O–H groups in total. The van der Waals surface area contributed by atoms with Crippen LogP contribution in [0, 0.1) is 0 Å². The molecule has 0 bridgehead atoms. The molecule has 0 saturated carbocycles. The smallest absolute Gasteiger partial charge is 0.366 e. The Morgan fingerprint density at radius 3 is 1.08 bits per heavy atom. The molecule has 2 fully saturated rings. The minimum absolute atomic E-state index is 1.74. The van der Waals surface area contributed by atoms with Gasteiger partial charge >= 0.3 is 72.8 Å². The van der Waals surface area contributed by atoms with Gasteiger partial charge in [-0.2, -0.15) is 58.9 Å². The van der Waals surface area contributed by atoms with Gasteiger partial charge < -0.3 is 19.3 Å². The Morgan fingerprint density at radius 2 is 0.706 bits per heavy atom. The summed E-state index contributed by atoms with van der Waals surface area (Å²) in [6.07, 6.45) is -30.2. The number of rotatable bonds is 18. The maximum atomic E-state index is 11.7. The van der Waals surface area contributed by atoms with Crippen molar-refractivity contribution < 1.29 is 139 Å². The Labute approximate surface area is 286 Å². The van der Waals surface area contributed by atoms with E-state index in [-0.39, 0.29) is 0 Å². The highest BCUT2D eigenvalue weighted by Gasteiger charge is 2.58. The van der Waals surface area contributed by atoms with E-state index in [0.29, 0.717) is 0 Å². The first-order valence-corrected chi connectivity index (χ1v) is 21.2. The molecule has 2 rings (SSSR count). The molecule has 0 radical (unpaired) electrons. The lowest BCUT2D eigenvalue weighted by Crippen LogP contribution is -2.67. The molecule has 0 aromatic rings. The van der Waals surface area contributed by atoms with Crippen molar-refractivity contribution in [1.29, 1.82) is 0 Å². The summed E-state index contributed by atoms with van der Waals surface area (Å²) >= 11 is 0. The minimum atomic E-state index is -6.10. The second-order valence-corrected chi connectivity index (χ2v) is 16.5. The second kappa shape index (κ2) is 16.3. The highest BCUT2D eigenvalue weighted by atomic mass is 32.3.